The van der Waals surface area contributed by atoms with E-state index < -0.39 is 6.55 Å². The van der Waals surface area contributed by atoms with E-state index in [1.54, 1.807) is 0 Å². The molecule has 0 saturated heterocycles. The van der Waals surface area contributed by atoms with Crippen molar-refractivity contribution in [3.8, 4) is 0 Å². The summed E-state index contributed by atoms with van der Waals surface area (Å²) in [5.41, 5.74) is 0. The van der Waals surface area contributed by atoms with Gasteiger partial charge < -0.3 is 5.32 Å². The van der Waals surface area contributed by atoms with E-state index in [0.29, 0.717) is 24.3 Å². The Labute approximate surface area is 107 Å². The number of nitrogens with one attached hydrogen (secondary N) is 1. The van der Waals surface area contributed by atoms with Crippen LogP contribution >= 0.6 is 0 Å². The smallest absolute Gasteiger partial charge is 0.307 e. The number of hydrogen-bond acceptors (Lipinski definition) is 2. The highest BCUT2D eigenvalue weighted by atomic mass is 19.3. The van der Waals surface area contributed by atoms with Crippen LogP contribution in [0.5, 0.6) is 0 Å². The monoisotopic (exact) mass is 257 g/mol. The van der Waals surface area contributed by atoms with Crippen molar-refractivity contribution in [1.29, 1.82) is 0 Å². The van der Waals surface area contributed by atoms with Crippen molar-refractivity contribution in [2.45, 2.75) is 52.2 Å². The Hall–Kier alpha value is -0.970. The Bertz CT molecular complexity index is 378. The van der Waals surface area contributed by atoms with Gasteiger partial charge in [-0.2, -0.15) is 8.78 Å². The van der Waals surface area contributed by atoms with Gasteiger partial charge in [0.15, 0.2) is 0 Å². The number of aromatic nitrogens is 2. The molecule has 1 aromatic rings. The first-order valence-corrected chi connectivity index (χ1v) is 6.66. The normalized spacial score (nSPS) is 28.2. The molecule has 1 heterocycles. The maximum atomic E-state index is 12.6. The van der Waals surface area contributed by atoms with Crippen LogP contribution in [0.25, 0.3) is 0 Å². The minimum atomic E-state index is -2.51. The standard InChI is InChI=1S/C13H21F2N3/c1-3-10-4-5-11(9(10)2)17-8-12-16-6-7-18(12)13(14)15/h6-7,9-11,13,17H,3-5,8H2,1-2H3. The van der Waals surface area contributed by atoms with Gasteiger partial charge in [0.1, 0.15) is 5.82 Å². The molecule has 1 aromatic heterocycles. The number of alkyl halides is 2. The van der Waals surface area contributed by atoms with Crippen LogP contribution in [-0.4, -0.2) is 15.6 Å². The van der Waals surface area contributed by atoms with Crippen molar-refractivity contribution in [3.63, 3.8) is 0 Å². The van der Waals surface area contributed by atoms with Gasteiger partial charge in [-0.15, -0.1) is 0 Å². The Kier molecular flexibility index (Phi) is 4.32. The lowest BCUT2D eigenvalue weighted by Gasteiger charge is -2.21. The van der Waals surface area contributed by atoms with E-state index >= 15 is 0 Å². The SMILES string of the molecule is CCC1CCC(NCc2nccn2C(F)F)C1C. The molecule has 0 bridgehead atoms. The van der Waals surface area contributed by atoms with E-state index in [0.717, 1.165) is 16.9 Å². The van der Waals surface area contributed by atoms with Crippen LogP contribution in [0.15, 0.2) is 12.4 Å². The summed E-state index contributed by atoms with van der Waals surface area (Å²) in [5, 5.41) is 3.38. The van der Waals surface area contributed by atoms with Crippen molar-refractivity contribution in [2.75, 3.05) is 0 Å². The molecule has 0 aliphatic heterocycles. The molecular weight excluding hydrogens is 236 g/mol. The summed E-state index contributed by atoms with van der Waals surface area (Å²) >= 11 is 0. The van der Waals surface area contributed by atoms with E-state index in [1.807, 2.05) is 0 Å². The Morgan fingerprint density at radius 3 is 2.89 bits per heavy atom. The first kappa shape index (κ1) is 13.5. The minimum Gasteiger partial charge on any atom is -0.307 e. The summed E-state index contributed by atoms with van der Waals surface area (Å²) in [4.78, 5) is 3.98. The molecule has 1 fully saturated rings. The van der Waals surface area contributed by atoms with Gasteiger partial charge in [0, 0.05) is 18.4 Å². The fourth-order valence-corrected chi connectivity index (χ4v) is 2.99. The van der Waals surface area contributed by atoms with Gasteiger partial charge in [-0.3, -0.25) is 4.57 Å². The second kappa shape index (κ2) is 5.78. The molecule has 3 nitrogen and oxygen atoms in total. The lowest BCUT2D eigenvalue weighted by Crippen LogP contribution is -2.33. The first-order chi connectivity index (χ1) is 8.63. The zero-order valence-corrected chi connectivity index (χ0v) is 10.9. The topological polar surface area (TPSA) is 29.9 Å². The predicted octanol–water partition coefficient (Wildman–Crippen LogP) is 3.19. The number of nitrogens with zero attached hydrogens (tertiary/aromatic N) is 2. The molecule has 3 unspecified atom stereocenters. The van der Waals surface area contributed by atoms with Gasteiger partial charge in [0.25, 0.3) is 0 Å². The molecule has 0 radical (unpaired) electrons. The summed E-state index contributed by atoms with van der Waals surface area (Å²) in [6.07, 6.45) is 6.32. The van der Waals surface area contributed by atoms with Crippen LogP contribution in [0.1, 0.15) is 45.5 Å². The lowest BCUT2D eigenvalue weighted by atomic mass is 9.93. The average Bonchev–Trinajstić information content (AvgIpc) is 2.93. The van der Waals surface area contributed by atoms with Crippen LogP contribution in [0, 0.1) is 11.8 Å². The summed E-state index contributed by atoms with van der Waals surface area (Å²) in [6.45, 7) is 2.38. The second-order valence-corrected chi connectivity index (χ2v) is 5.12. The van der Waals surface area contributed by atoms with Gasteiger partial charge in [0.2, 0.25) is 0 Å². The molecular formula is C13H21F2N3. The number of hydrogen-bond donors (Lipinski definition) is 1. The maximum Gasteiger partial charge on any atom is 0.319 e. The Balaban J connectivity index is 1.90. The first-order valence-electron chi connectivity index (χ1n) is 6.66. The quantitative estimate of drug-likeness (QED) is 0.878. The zero-order chi connectivity index (χ0) is 13.1. The van der Waals surface area contributed by atoms with Crippen molar-refractivity contribution in [3.05, 3.63) is 18.2 Å². The molecule has 1 saturated carbocycles. The third-order valence-corrected chi connectivity index (χ3v) is 4.23. The van der Waals surface area contributed by atoms with Gasteiger partial charge in [0.05, 0.1) is 6.54 Å². The van der Waals surface area contributed by atoms with Crippen molar-refractivity contribution < 1.29 is 8.78 Å². The van der Waals surface area contributed by atoms with E-state index in [-0.39, 0.29) is 0 Å². The lowest BCUT2D eigenvalue weighted by molar-refractivity contribution is 0.0664. The highest BCUT2D eigenvalue weighted by molar-refractivity contribution is 4.94. The number of halogens is 2. The molecule has 0 spiro atoms. The van der Waals surface area contributed by atoms with Gasteiger partial charge in [-0.1, -0.05) is 20.3 Å². The van der Waals surface area contributed by atoms with E-state index in [4.69, 9.17) is 0 Å². The van der Waals surface area contributed by atoms with Gasteiger partial charge in [-0.25, -0.2) is 4.98 Å². The van der Waals surface area contributed by atoms with Crippen molar-refractivity contribution in [1.82, 2.24) is 14.9 Å². The van der Waals surface area contributed by atoms with Crippen LogP contribution < -0.4 is 5.32 Å². The molecule has 1 N–H and O–H groups in total. The molecule has 2 rings (SSSR count). The highest BCUT2D eigenvalue weighted by Crippen LogP contribution is 2.33. The van der Waals surface area contributed by atoms with Gasteiger partial charge >= 0.3 is 6.55 Å². The minimum absolute atomic E-state index is 0.414. The molecule has 3 atom stereocenters. The molecule has 18 heavy (non-hydrogen) atoms. The number of rotatable bonds is 5. The number of imidazole rings is 1. The summed E-state index contributed by atoms with van der Waals surface area (Å²) in [6, 6.07) is 0.428. The summed E-state index contributed by atoms with van der Waals surface area (Å²) in [5.74, 6) is 1.79. The summed E-state index contributed by atoms with van der Waals surface area (Å²) < 4.78 is 26.2. The molecule has 102 valence electrons. The molecule has 5 heteroatoms. The molecule has 1 aliphatic carbocycles. The molecule has 0 amide bonds. The van der Waals surface area contributed by atoms with Crippen molar-refractivity contribution >= 4 is 0 Å². The van der Waals surface area contributed by atoms with E-state index in [9.17, 15) is 8.78 Å². The molecule has 0 aromatic carbocycles. The summed E-state index contributed by atoms with van der Waals surface area (Å²) in [7, 11) is 0. The average molecular weight is 257 g/mol. The van der Waals surface area contributed by atoms with Gasteiger partial charge in [-0.05, 0) is 24.7 Å². The fourth-order valence-electron chi connectivity index (χ4n) is 2.99. The van der Waals surface area contributed by atoms with Crippen LogP contribution in [0.3, 0.4) is 0 Å². The highest BCUT2D eigenvalue weighted by Gasteiger charge is 2.31. The zero-order valence-electron chi connectivity index (χ0n) is 10.9. The molecule has 1 aliphatic rings. The maximum absolute atomic E-state index is 12.6. The van der Waals surface area contributed by atoms with E-state index in [2.05, 4.69) is 24.1 Å². The predicted molar refractivity (Wildman–Crippen MR) is 66.3 cm³/mol. The fraction of sp³-hybridized carbons (Fsp3) is 0.769. The third kappa shape index (κ3) is 2.71. The largest absolute Gasteiger partial charge is 0.319 e. The van der Waals surface area contributed by atoms with Crippen molar-refractivity contribution in [2.24, 2.45) is 11.8 Å². The van der Waals surface area contributed by atoms with E-state index in [1.165, 1.54) is 25.2 Å². The van der Waals surface area contributed by atoms with Crippen LogP contribution in [0.4, 0.5) is 8.78 Å². The van der Waals surface area contributed by atoms with Crippen LogP contribution in [-0.2, 0) is 6.54 Å². The second-order valence-electron chi connectivity index (χ2n) is 5.12. The third-order valence-electron chi connectivity index (χ3n) is 4.23. The Morgan fingerprint density at radius 1 is 1.50 bits per heavy atom. The Morgan fingerprint density at radius 2 is 2.28 bits per heavy atom. The van der Waals surface area contributed by atoms with Crippen LogP contribution in [0.2, 0.25) is 0 Å².